The van der Waals surface area contributed by atoms with E-state index in [1.807, 2.05) is 6.20 Å². The fourth-order valence-electron chi connectivity index (χ4n) is 3.81. The molecule has 3 heterocycles. The standard InChI is InChI=1S/C18H23N5/c1-2-15-8-5-6-11-22(15)17-13-19-21-18(20-17)23-12-10-14-7-3-4-9-16(14)23/h3-4,7,9,13,15H,2,5-6,8,10-12H2,1H3. The topological polar surface area (TPSA) is 45.2 Å². The maximum Gasteiger partial charge on any atom is 0.251 e. The molecule has 1 aromatic carbocycles. The van der Waals surface area contributed by atoms with Crippen LogP contribution in [0, 0.1) is 0 Å². The molecule has 2 aliphatic heterocycles. The lowest BCUT2D eigenvalue weighted by molar-refractivity contribution is 0.446. The number of benzene rings is 1. The number of aromatic nitrogens is 3. The zero-order chi connectivity index (χ0) is 15.6. The van der Waals surface area contributed by atoms with E-state index >= 15 is 0 Å². The van der Waals surface area contributed by atoms with Gasteiger partial charge in [-0.2, -0.15) is 10.1 Å². The molecule has 1 fully saturated rings. The molecule has 0 spiro atoms. The first-order valence-electron chi connectivity index (χ1n) is 8.68. The van der Waals surface area contributed by atoms with E-state index in [1.165, 1.54) is 30.5 Å². The molecule has 0 saturated carbocycles. The Morgan fingerprint density at radius 3 is 3.00 bits per heavy atom. The van der Waals surface area contributed by atoms with Crippen LogP contribution in [0.15, 0.2) is 30.5 Å². The smallest absolute Gasteiger partial charge is 0.251 e. The molecule has 0 aliphatic carbocycles. The molecule has 1 saturated heterocycles. The number of fused-ring (bicyclic) bond motifs is 1. The van der Waals surface area contributed by atoms with Crippen molar-refractivity contribution in [3.63, 3.8) is 0 Å². The van der Waals surface area contributed by atoms with E-state index in [2.05, 4.69) is 51.2 Å². The van der Waals surface area contributed by atoms with Crippen molar-refractivity contribution in [1.29, 1.82) is 0 Å². The molecule has 1 aromatic heterocycles. The fraction of sp³-hybridized carbons (Fsp3) is 0.500. The highest BCUT2D eigenvalue weighted by molar-refractivity contribution is 5.66. The van der Waals surface area contributed by atoms with E-state index in [-0.39, 0.29) is 0 Å². The largest absolute Gasteiger partial charge is 0.352 e. The van der Waals surface area contributed by atoms with Crippen molar-refractivity contribution in [1.82, 2.24) is 15.2 Å². The van der Waals surface area contributed by atoms with Crippen LogP contribution >= 0.6 is 0 Å². The second-order valence-electron chi connectivity index (χ2n) is 6.40. The molecule has 5 nitrogen and oxygen atoms in total. The summed E-state index contributed by atoms with van der Waals surface area (Å²) in [7, 11) is 0. The van der Waals surface area contributed by atoms with E-state index in [1.54, 1.807) is 0 Å². The van der Waals surface area contributed by atoms with Crippen molar-refractivity contribution < 1.29 is 0 Å². The van der Waals surface area contributed by atoms with Crippen LogP contribution in [0.25, 0.3) is 0 Å². The Morgan fingerprint density at radius 2 is 2.09 bits per heavy atom. The number of anilines is 3. The molecule has 1 unspecified atom stereocenters. The molecule has 2 aliphatic rings. The average Bonchev–Trinajstić information content (AvgIpc) is 3.06. The third kappa shape index (κ3) is 2.64. The van der Waals surface area contributed by atoms with Crippen LogP contribution in [-0.4, -0.2) is 34.3 Å². The summed E-state index contributed by atoms with van der Waals surface area (Å²) in [5, 5.41) is 8.55. The van der Waals surface area contributed by atoms with E-state index in [4.69, 9.17) is 4.98 Å². The molecule has 4 rings (SSSR count). The Hall–Kier alpha value is -2.17. The molecule has 0 amide bonds. The monoisotopic (exact) mass is 309 g/mol. The van der Waals surface area contributed by atoms with E-state index in [0.29, 0.717) is 6.04 Å². The van der Waals surface area contributed by atoms with Crippen molar-refractivity contribution in [2.24, 2.45) is 0 Å². The van der Waals surface area contributed by atoms with E-state index < -0.39 is 0 Å². The summed E-state index contributed by atoms with van der Waals surface area (Å²) in [6, 6.07) is 9.08. The van der Waals surface area contributed by atoms with Gasteiger partial charge in [0.1, 0.15) is 0 Å². The zero-order valence-corrected chi connectivity index (χ0v) is 13.6. The first kappa shape index (κ1) is 14.4. The second kappa shape index (κ2) is 6.14. The molecule has 5 heteroatoms. The minimum Gasteiger partial charge on any atom is -0.352 e. The number of nitrogens with zero attached hydrogens (tertiary/aromatic N) is 5. The Balaban J connectivity index is 1.65. The van der Waals surface area contributed by atoms with Crippen molar-refractivity contribution in [3.05, 3.63) is 36.0 Å². The van der Waals surface area contributed by atoms with Gasteiger partial charge in [0, 0.05) is 24.8 Å². The van der Waals surface area contributed by atoms with Gasteiger partial charge in [0.25, 0.3) is 5.95 Å². The predicted octanol–water partition coefficient (Wildman–Crippen LogP) is 3.33. The lowest BCUT2D eigenvalue weighted by Gasteiger charge is -2.36. The molecular weight excluding hydrogens is 286 g/mol. The van der Waals surface area contributed by atoms with Crippen LogP contribution in [0.1, 0.15) is 38.2 Å². The van der Waals surface area contributed by atoms with Crippen LogP contribution < -0.4 is 9.80 Å². The fourth-order valence-corrected chi connectivity index (χ4v) is 3.81. The Kier molecular flexibility index (Phi) is 3.85. The van der Waals surface area contributed by atoms with Crippen LogP contribution in [0.2, 0.25) is 0 Å². The summed E-state index contributed by atoms with van der Waals surface area (Å²) in [5.41, 5.74) is 2.59. The van der Waals surface area contributed by atoms with Crippen LogP contribution in [0.4, 0.5) is 17.5 Å². The summed E-state index contributed by atoms with van der Waals surface area (Å²) in [4.78, 5) is 9.47. The van der Waals surface area contributed by atoms with Crippen molar-refractivity contribution in [3.8, 4) is 0 Å². The van der Waals surface area contributed by atoms with Crippen molar-refractivity contribution in [2.75, 3.05) is 22.9 Å². The summed E-state index contributed by atoms with van der Waals surface area (Å²) in [6.07, 6.45) is 7.83. The Morgan fingerprint density at radius 1 is 1.17 bits per heavy atom. The van der Waals surface area contributed by atoms with Gasteiger partial charge in [-0.25, -0.2) is 0 Å². The molecule has 0 N–H and O–H groups in total. The number of hydrogen-bond acceptors (Lipinski definition) is 5. The third-order valence-corrected chi connectivity index (χ3v) is 5.06. The third-order valence-electron chi connectivity index (χ3n) is 5.06. The maximum absolute atomic E-state index is 4.85. The molecule has 120 valence electrons. The molecule has 2 aromatic rings. The molecule has 0 radical (unpaired) electrons. The highest BCUT2D eigenvalue weighted by atomic mass is 15.4. The summed E-state index contributed by atoms with van der Waals surface area (Å²) < 4.78 is 0. The zero-order valence-electron chi connectivity index (χ0n) is 13.6. The van der Waals surface area contributed by atoms with Gasteiger partial charge in [-0.3, -0.25) is 0 Å². The molecule has 23 heavy (non-hydrogen) atoms. The van der Waals surface area contributed by atoms with Gasteiger partial charge < -0.3 is 9.80 Å². The number of piperidine rings is 1. The van der Waals surface area contributed by atoms with Gasteiger partial charge >= 0.3 is 0 Å². The van der Waals surface area contributed by atoms with Crippen LogP contribution in [-0.2, 0) is 6.42 Å². The van der Waals surface area contributed by atoms with Gasteiger partial charge in [-0.1, -0.05) is 25.1 Å². The summed E-state index contributed by atoms with van der Waals surface area (Å²) >= 11 is 0. The van der Waals surface area contributed by atoms with Gasteiger partial charge in [0.15, 0.2) is 5.82 Å². The number of hydrogen-bond donors (Lipinski definition) is 0. The SMILES string of the molecule is CCC1CCCCN1c1cnnc(N2CCc3ccccc32)n1. The number of para-hydroxylation sites is 1. The van der Waals surface area contributed by atoms with E-state index in [9.17, 15) is 0 Å². The van der Waals surface area contributed by atoms with Gasteiger partial charge in [-0.15, -0.1) is 5.10 Å². The predicted molar refractivity (Wildman–Crippen MR) is 92.3 cm³/mol. The normalized spacial score (nSPS) is 20.7. The summed E-state index contributed by atoms with van der Waals surface area (Å²) in [6.45, 7) is 4.27. The minimum absolute atomic E-state index is 0.583. The average molecular weight is 309 g/mol. The van der Waals surface area contributed by atoms with Gasteiger partial charge in [0.05, 0.1) is 6.20 Å². The highest BCUT2D eigenvalue weighted by Crippen LogP contribution is 2.33. The summed E-state index contributed by atoms with van der Waals surface area (Å²) in [5.74, 6) is 1.71. The van der Waals surface area contributed by atoms with Gasteiger partial charge in [0.2, 0.25) is 0 Å². The Bertz CT molecular complexity index is 687. The molecule has 1 atom stereocenters. The van der Waals surface area contributed by atoms with E-state index in [0.717, 1.165) is 37.7 Å². The second-order valence-corrected chi connectivity index (χ2v) is 6.40. The Labute approximate surface area is 137 Å². The number of rotatable bonds is 3. The molecule has 0 bridgehead atoms. The minimum atomic E-state index is 0.583. The van der Waals surface area contributed by atoms with Crippen molar-refractivity contribution >= 4 is 17.5 Å². The quantitative estimate of drug-likeness (QED) is 0.870. The molecular formula is C18H23N5. The van der Waals surface area contributed by atoms with Gasteiger partial charge in [-0.05, 0) is 43.7 Å². The lowest BCUT2D eigenvalue weighted by atomic mass is 10.0. The first-order chi connectivity index (χ1) is 11.4. The van der Waals surface area contributed by atoms with Crippen molar-refractivity contribution in [2.45, 2.75) is 45.1 Å². The highest BCUT2D eigenvalue weighted by Gasteiger charge is 2.26. The van der Waals surface area contributed by atoms with Crippen LogP contribution in [0.3, 0.4) is 0 Å². The van der Waals surface area contributed by atoms with Crippen LogP contribution in [0.5, 0.6) is 0 Å². The first-order valence-corrected chi connectivity index (χ1v) is 8.68. The maximum atomic E-state index is 4.85. The lowest BCUT2D eigenvalue weighted by Crippen LogP contribution is -2.40.